The van der Waals surface area contributed by atoms with Gasteiger partial charge >= 0.3 is 5.97 Å². The molecule has 3 aromatic rings. The van der Waals surface area contributed by atoms with Crippen molar-refractivity contribution in [2.75, 3.05) is 5.32 Å². The van der Waals surface area contributed by atoms with Gasteiger partial charge in [-0.2, -0.15) is 0 Å². The van der Waals surface area contributed by atoms with Crippen molar-refractivity contribution >= 4 is 34.1 Å². The van der Waals surface area contributed by atoms with Crippen molar-refractivity contribution < 1.29 is 24.2 Å². The quantitative estimate of drug-likeness (QED) is 0.519. The second kappa shape index (κ2) is 7.92. The maximum Gasteiger partial charge on any atom is 0.342 e. The zero-order valence-electron chi connectivity index (χ0n) is 15.4. The topological polar surface area (TPSA) is 92.7 Å². The largest absolute Gasteiger partial charge is 0.506 e. The molecule has 6 heteroatoms. The number of amides is 1. The lowest BCUT2D eigenvalue weighted by Gasteiger charge is -2.15. The van der Waals surface area contributed by atoms with E-state index < -0.39 is 18.0 Å². The molecule has 28 heavy (non-hydrogen) atoms. The first-order valence-corrected chi connectivity index (χ1v) is 8.70. The van der Waals surface area contributed by atoms with Crippen molar-refractivity contribution in [2.45, 2.75) is 20.0 Å². The summed E-state index contributed by atoms with van der Waals surface area (Å²) in [6.45, 7) is 2.86. The summed E-state index contributed by atoms with van der Waals surface area (Å²) in [5.41, 5.74) is 0.870. The highest BCUT2D eigenvalue weighted by atomic mass is 16.5. The number of Topliss-reactive ketones (excluding diaryl/α,β-unsaturated/α-hetero) is 1. The summed E-state index contributed by atoms with van der Waals surface area (Å²) in [6, 6.07) is 16.7. The van der Waals surface area contributed by atoms with Crippen molar-refractivity contribution in [3.8, 4) is 5.75 Å². The van der Waals surface area contributed by atoms with Crippen LogP contribution in [0.25, 0.3) is 10.8 Å². The molecule has 1 atom stereocenters. The zero-order valence-corrected chi connectivity index (χ0v) is 15.4. The van der Waals surface area contributed by atoms with E-state index in [4.69, 9.17) is 4.74 Å². The SMILES string of the molecule is CC(=O)c1cccc(NC(=O)[C@H](C)OC(=O)c2ccc3ccccc3c2O)c1. The van der Waals surface area contributed by atoms with Crippen LogP contribution in [0.1, 0.15) is 34.6 Å². The van der Waals surface area contributed by atoms with Crippen LogP contribution >= 0.6 is 0 Å². The average molecular weight is 377 g/mol. The number of carbonyl (C=O) groups excluding carboxylic acids is 3. The molecule has 3 aromatic carbocycles. The van der Waals surface area contributed by atoms with Gasteiger partial charge in [-0.1, -0.05) is 42.5 Å². The number of hydrogen-bond donors (Lipinski definition) is 2. The molecule has 0 aliphatic rings. The van der Waals surface area contributed by atoms with Crippen LogP contribution in [0.4, 0.5) is 5.69 Å². The first-order chi connectivity index (χ1) is 13.4. The first kappa shape index (κ1) is 19.1. The lowest BCUT2D eigenvalue weighted by Crippen LogP contribution is -2.30. The summed E-state index contributed by atoms with van der Waals surface area (Å²) in [7, 11) is 0. The van der Waals surface area contributed by atoms with Gasteiger partial charge in [-0.3, -0.25) is 9.59 Å². The summed E-state index contributed by atoms with van der Waals surface area (Å²) in [5, 5.41) is 14.3. The molecule has 0 unspecified atom stereocenters. The van der Waals surface area contributed by atoms with E-state index in [-0.39, 0.29) is 17.1 Å². The number of anilines is 1. The van der Waals surface area contributed by atoms with Crippen LogP contribution in [0.15, 0.2) is 60.7 Å². The number of hydrogen-bond acceptors (Lipinski definition) is 5. The Morgan fingerprint density at radius 3 is 2.50 bits per heavy atom. The van der Waals surface area contributed by atoms with Gasteiger partial charge in [-0.15, -0.1) is 0 Å². The second-order valence-corrected chi connectivity index (χ2v) is 6.36. The molecule has 0 aliphatic carbocycles. The predicted molar refractivity (Wildman–Crippen MR) is 106 cm³/mol. The Bertz CT molecular complexity index is 1070. The van der Waals surface area contributed by atoms with E-state index in [1.54, 1.807) is 42.5 Å². The van der Waals surface area contributed by atoms with Crippen molar-refractivity contribution in [1.29, 1.82) is 0 Å². The van der Waals surface area contributed by atoms with Gasteiger partial charge in [0.25, 0.3) is 5.91 Å². The maximum absolute atomic E-state index is 12.4. The lowest BCUT2D eigenvalue weighted by molar-refractivity contribution is -0.123. The van der Waals surface area contributed by atoms with Crippen molar-refractivity contribution in [2.24, 2.45) is 0 Å². The van der Waals surface area contributed by atoms with E-state index in [0.717, 1.165) is 5.39 Å². The first-order valence-electron chi connectivity index (χ1n) is 8.70. The number of carbonyl (C=O) groups is 3. The minimum Gasteiger partial charge on any atom is -0.506 e. The normalized spacial score (nSPS) is 11.6. The Morgan fingerprint density at radius 1 is 1.00 bits per heavy atom. The van der Waals surface area contributed by atoms with E-state index in [0.29, 0.717) is 16.6 Å². The monoisotopic (exact) mass is 377 g/mol. The third-order valence-electron chi connectivity index (χ3n) is 4.31. The standard InChI is InChI=1S/C22H19NO5/c1-13(24)16-7-5-8-17(12-16)23-21(26)14(2)28-22(27)19-11-10-15-6-3-4-9-18(15)20(19)25/h3-12,14,25H,1-2H3,(H,23,26)/t14-/m0/s1. The number of ether oxygens (including phenoxy) is 1. The number of nitrogens with one attached hydrogen (secondary N) is 1. The van der Waals surface area contributed by atoms with Crippen molar-refractivity contribution in [3.05, 3.63) is 71.8 Å². The van der Waals surface area contributed by atoms with E-state index in [1.807, 2.05) is 12.1 Å². The third-order valence-corrected chi connectivity index (χ3v) is 4.31. The van der Waals surface area contributed by atoms with Gasteiger partial charge in [-0.05, 0) is 37.4 Å². The molecule has 0 aliphatic heterocycles. The lowest BCUT2D eigenvalue weighted by atomic mass is 10.1. The molecule has 0 heterocycles. The number of rotatable bonds is 5. The van der Waals surface area contributed by atoms with E-state index in [2.05, 4.69) is 5.32 Å². The predicted octanol–water partition coefficient (Wildman–Crippen LogP) is 3.93. The average Bonchev–Trinajstić information content (AvgIpc) is 2.68. The van der Waals surface area contributed by atoms with Gasteiger partial charge in [0.1, 0.15) is 11.3 Å². The summed E-state index contributed by atoms with van der Waals surface area (Å²) in [6.07, 6.45) is -1.10. The highest BCUT2D eigenvalue weighted by Crippen LogP contribution is 2.29. The molecule has 3 rings (SSSR count). The highest BCUT2D eigenvalue weighted by Gasteiger charge is 2.22. The summed E-state index contributed by atoms with van der Waals surface area (Å²) in [4.78, 5) is 36.2. The molecule has 6 nitrogen and oxygen atoms in total. The molecule has 0 saturated carbocycles. The van der Waals surface area contributed by atoms with Gasteiger partial charge in [0.05, 0.1) is 0 Å². The van der Waals surface area contributed by atoms with Crippen LogP contribution in [-0.2, 0) is 9.53 Å². The number of aromatic hydroxyl groups is 1. The molecule has 0 saturated heterocycles. The molecule has 2 N–H and O–H groups in total. The Morgan fingerprint density at radius 2 is 1.75 bits per heavy atom. The summed E-state index contributed by atoms with van der Waals surface area (Å²) >= 11 is 0. The fourth-order valence-corrected chi connectivity index (χ4v) is 2.76. The number of esters is 1. The Kier molecular flexibility index (Phi) is 5.40. The number of ketones is 1. The summed E-state index contributed by atoms with van der Waals surface area (Å²) in [5.74, 6) is -1.66. The van der Waals surface area contributed by atoms with Crippen LogP contribution in [-0.4, -0.2) is 28.9 Å². The third kappa shape index (κ3) is 4.01. The van der Waals surface area contributed by atoms with Gasteiger partial charge in [-0.25, -0.2) is 4.79 Å². The number of fused-ring (bicyclic) bond motifs is 1. The molecule has 0 radical (unpaired) electrons. The van der Waals surface area contributed by atoms with Crippen molar-refractivity contribution in [1.82, 2.24) is 0 Å². The van der Waals surface area contributed by atoms with Crippen LogP contribution in [0, 0.1) is 0 Å². The fourth-order valence-electron chi connectivity index (χ4n) is 2.76. The maximum atomic E-state index is 12.4. The molecule has 1 amide bonds. The molecule has 0 fully saturated rings. The van der Waals surface area contributed by atoms with E-state index >= 15 is 0 Å². The Hall–Kier alpha value is -3.67. The molecular formula is C22H19NO5. The number of benzene rings is 3. The molecule has 0 spiro atoms. The van der Waals surface area contributed by atoms with Crippen LogP contribution in [0.5, 0.6) is 5.75 Å². The fraction of sp³-hybridized carbons (Fsp3) is 0.136. The molecular weight excluding hydrogens is 358 g/mol. The molecule has 0 bridgehead atoms. The molecule has 0 aromatic heterocycles. The van der Waals surface area contributed by atoms with E-state index in [1.165, 1.54) is 19.9 Å². The Balaban J connectivity index is 1.72. The minimum atomic E-state index is -1.10. The van der Waals surface area contributed by atoms with Crippen LogP contribution < -0.4 is 5.32 Å². The van der Waals surface area contributed by atoms with Gasteiger partial charge < -0.3 is 15.2 Å². The minimum absolute atomic E-state index is 0.0167. The van der Waals surface area contributed by atoms with Crippen molar-refractivity contribution in [3.63, 3.8) is 0 Å². The van der Waals surface area contributed by atoms with Crippen LogP contribution in [0.2, 0.25) is 0 Å². The Labute approximate surface area is 161 Å². The second-order valence-electron chi connectivity index (χ2n) is 6.36. The van der Waals surface area contributed by atoms with Gasteiger partial charge in [0.15, 0.2) is 11.9 Å². The van der Waals surface area contributed by atoms with Gasteiger partial charge in [0, 0.05) is 16.6 Å². The van der Waals surface area contributed by atoms with Gasteiger partial charge in [0.2, 0.25) is 0 Å². The zero-order chi connectivity index (χ0) is 20.3. The summed E-state index contributed by atoms with van der Waals surface area (Å²) < 4.78 is 5.20. The van der Waals surface area contributed by atoms with E-state index in [9.17, 15) is 19.5 Å². The smallest absolute Gasteiger partial charge is 0.342 e. The number of phenols is 1. The highest BCUT2D eigenvalue weighted by molar-refractivity contribution is 6.03. The molecule has 142 valence electrons. The number of phenolic OH excluding ortho intramolecular Hbond substituents is 1. The van der Waals surface area contributed by atoms with Crippen LogP contribution in [0.3, 0.4) is 0 Å².